The van der Waals surface area contributed by atoms with Crippen LogP contribution in [0.5, 0.6) is 0 Å². The molecule has 0 N–H and O–H groups in total. The zero-order valence-electron chi connectivity index (χ0n) is 11.8. The average Bonchev–Trinajstić information content (AvgIpc) is 2.88. The Morgan fingerprint density at radius 3 is 1.58 bits per heavy atom. The summed E-state index contributed by atoms with van der Waals surface area (Å²) < 4.78 is 10.8. The van der Waals surface area contributed by atoms with E-state index in [2.05, 4.69) is 21.6 Å². The fourth-order valence-electron chi connectivity index (χ4n) is 3.19. The van der Waals surface area contributed by atoms with Crippen molar-refractivity contribution < 1.29 is 9.47 Å². The quantitative estimate of drug-likeness (QED) is 0.765. The van der Waals surface area contributed by atoms with Crippen LogP contribution in [0.1, 0.15) is 12.8 Å². The third kappa shape index (κ3) is 4.33. The summed E-state index contributed by atoms with van der Waals surface area (Å²) >= 11 is 2.23. The van der Waals surface area contributed by atoms with E-state index in [-0.39, 0.29) is 0 Å². The first kappa shape index (κ1) is 14.1. The molecule has 0 spiro atoms. The van der Waals surface area contributed by atoms with Gasteiger partial charge in [-0.05, 0) is 12.8 Å². The minimum Gasteiger partial charge on any atom is -0.379 e. The monoisotopic (exact) mass is 286 g/mol. The van der Waals surface area contributed by atoms with E-state index in [4.69, 9.17) is 9.47 Å². The fraction of sp³-hybridized carbons (Fsp3) is 1.00. The largest absolute Gasteiger partial charge is 0.379 e. The minimum atomic E-state index is 0.851. The molecule has 0 aromatic heterocycles. The van der Waals surface area contributed by atoms with Crippen LogP contribution in [0.2, 0.25) is 0 Å². The van der Waals surface area contributed by atoms with Gasteiger partial charge < -0.3 is 9.47 Å². The van der Waals surface area contributed by atoms with Gasteiger partial charge in [0, 0.05) is 49.8 Å². The van der Waals surface area contributed by atoms with E-state index in [9.17, 15) is 0 Å². The molecule has 2 atom stereocenters. The Labute approximate surface area is 120 Å². The predicted octanol–water partition coefficient (Wildman–Crippen LogP) is 0.915. The van der Waals surface area contributed by atoms with Crippen molar-refractivity contribution in [3.05, 3.63) is 0 Å². The molecular formula is C14H26N2O2S. The lowest BCUT2D eigenvalue weighted by molar-refractivity contribution is 0.0375. The van der Waals surface area contributed by atoms with E-state index < -0.39 is 0 Å². The maximum Gasteiger partial charge on any atom is 0.0594 e. The smallest absolute Gasteiger partial charge is 0.0594 e. The summed E-state index contributed by atoms with van der Waals surface area (Å²) in [5.41, 5.74) is 0. The van der Waals surface area contributed by atoms with Gasteiger partial charge in [-0.15, -0.1) is 0 Å². The lowest BCUT2D eigenvalue weighted by atomic mass is 10.1. The van der Waals surface area contributed by atoms with Crippen LogP contribution in [0.3, 0.4) is 0 Å². The molecule has 3 saturated heterocycles. The van der Waals surface area contributed by atoms with Gasteiger partial charge in [-0.25, -0.2) is 0 Å². The lowest BCUT2D eigenvalue weighted by Gasteiger charge is -2.30. The molecule has 0 amide bonds. The summed E-state index contributed by atoms with van der Waals surface area (Å²) in [4.78, 5) is 5.16. The summed E-state index contributed by atoms with van der Waals surface area (Å²) in [6.45, 7) is 10.8. The van der Waals surface area contributed by atoms with Gasteiger partial charge in [0.15, 0.2) is 0 Å². The molecule has 5 heteroatoms. The zero-order chi connectivity index (χ0) is 12.9. The molecule has 3 fully saturated rings. The highest BCUT2D eigenvalue weighted by Gasteiger charge is 2.29. The van der Waals surface area contributed by atoms with Gasteiger partial charge in [0.2, 0.25) is 0 Å². The number of thioether (sulfide) groups is 1. The molecule has 3 aliphatic rings. The fourth-order valence-corrected chi connectivity index (χ4v) is 4.87. The molecule has 3 aliphatic heterocycles. The molecule has 0 saturated carbocycles. The second-order valence-electron chi connectivity index (χ2n) is 5.78. The molecule has 0 bridgehead atoms. The van der Waals surface area contributed by atoms with Gasteiger partial charge in [-0.3, -0.25) is 9.80 Å². The Bertz CT molecular complexity index is 242. The van der Waals surface area contributed by atoms with Crippen LogP contribution in [-0.2, 0) is 9.47 Å². The normalized spacial score (nSPS) is 34.7. The summed E-state index contributed by atoms with van der Waals surface area (Å²) in [6, 6.07) is 0. The highest BCUT2D eigenvalue weighted by atomic mass is 32.2. The lowest BCUT2D eigenvalue weighted by Crippen LogP contribution is -2.40. The zero-order valence-corrected chi connectivity index (χ0v) is 12.6. The highest BCUT2D eigenvalue weighted by molar-refractivity contribution is 8.00. The third-order valence-corrected chi connectivity index (χ3v) is 5.87. The number of morpholine rings is 2. The predicted molar refractivity (Wildman–Crippen MR) is 78.9 cm³/mol. The molecule has 110 valence electrons. The minimum absolute atomic E-state index is 0.851. The van der Waals surface area contributed by atoms with Crippen molar-refractivity contribution in [1.82, 2.24) is 9.80 Å². The highest BCUT2D eigenvalue weighted by Crippen LogP contribution is 2.34. The molecule has 3 heterocycles. The van der Waals surface area contributed by atoms with Crippen molar-refractivity contribution in [2.75, 3.05) is 65.7 Å². The van der Waals surface area contributed by atoms with Gasteiger partial charge in [0.05, 0.1) is 26.4 Å². The Kier molecular flexibility index (Phi) is 5.41. The van der Waals surface area contributed by atoms with Crippen molar-refractivity contribution >= 4 is 11.8 Å². The van der Waals surface area contributed by atoms with Crippen LogP contribution in [0.25, 0.3) is 0 Å². The number of hydrogen-bond donors (Lipinski definition) is 0. The number of ether oxygens (including phenoxy) is 2. The molecule has 0 aliphatic carbocycles. The van der Waals surface area contributed by atoms with Crippen molar-refractivity contribution in [3.63, 3.8) is 0 Å². The van der Waals surface area contributed by atoms with Crippen molar-refractivity contribution in [2.45, 2.75) is 23.3 Å². The SMILES string of the molecule is C1CN(CC2CCC(CN3CCOCC3)S2)CCO1. The Hall–Kier alpha value is 0.190. The van der Waals surface area contributed by atoms with E-state index in [1.165, 1.54) is 25.9 Å². The summed E-state index contributed by atoms with van der Waals surface area (Å²) in [5.74, 6) is 0. The van der Waals surface area contributed by atoms with Gasteiger partial charge >= 0.3 is 0 Å². The topological polar surface area (TPSA) is 24.9 Å². The molecular weight excluding hydrogens is 260 g/mol. The molecule has 0 aromatic carbocycles. The molecule has 0 aromatic rings. The van der Waals surface area contributed by atoms with E-state index in [1.54, 1.807) is 0 Å². The van der Waals surface area contributed by atoms with Gasteiger partial charge in [0.1, 0.15) is 0 Å². The summed E-state index contributed by atoms with van der Waals surface area (Å²) in [6.07, 6.45) is 2.80. The standard InChI is InChI=1S/C14H26N2O2S/c1-2-14(12-16-5-9-18-10-6-16)19-13(1)11-15-3-7-17-8-4-15/h13-14H,1-12H2. The molecule has 2 unspecified atom stereocenters. The molecule has 4 nitrogen and oxygen atoms in total. The number of hydrogen-bond acceptors (Lipinski definition) is 5. The van der Waals surface area contributed by atoms with Crippen LogP contribution >= 0.6 is 11.8 Å². The average molecular weight is 286 g/mol. The van der Waals surface area contributed by atoms with Crippen LogP contribution < -0.4 is 0 Å². The molecule has 3 rings (SSSR count). The summed E-state index contributed by atoms with van der Waals surface area (Å²) in [5, 5.41) is 1.70. The number of rotatable bonds is 4. The Morgan fingerprint density at radius 1 is 0.737 bits per heavy atom. The van der Waals surface area contributed by atoms with E-state index in [1.807, 2.05) is 0 Å². The maximum atomic E-state index is 5.42. The first-order valence-corrected chi connectivity index (χ1v) is 8.60. The third-order valence-electron chi connectivity index (χ3n) is 4.33. The van der Waals surface area contributed by atoms with Gasteiger partial charge in [-0.1, -0.05) is 0 Å². The second kappa shape index (κ2) is 7.27. The summed E-state index contributed by atoms with van der Waals surface area (Å²) in [7, 11) is 0. The molecule has 19 heavy (non-hydrogen) atoms. The van der Waals surface area contributed by atoms with E-state index in [0.29, 0.717) is 0 Å². The van der Waals surface area contributed by atoms with E-state index in [0.717, 1.165) is 63.1 Å². The van der Waals surface area contributed by atoms with Crippen molar-refractivity contribution in [2.24, 2.45) is 0 Å². The van der Waals surface area contributed by atoms with Crippen LogP contribution in [0.4, 0.5) is 0 Å². The van der Waals surface area contributed by atoms with E-state index >= 15 is 0 Å². The maximum absolute atomic E-state index is 5.42. The first-order valence-electron chi connectivity index (χ1n) is 7.66. The number of nitrogens with zero attached hydrogens (tertiary/aromatic N) is 2. The van der Waals surface area contributed by atoms with Gasteiger partial charge in [0.25, 0.3) is 0 Å². The Balaban J connectivity index is 1.37. The first-order chi connectivity index (χ1) is 9.40. The van der Waals surface area contributed by atoms with Crippen LogP contribution in [0.15, 0.2) is 0 Å². The van der Waals surface area contributed by atoms with Crippen LogP contribution in [-0.4, -0.2) is 86.0 Å². The van der Waals surface area contributed by atoms with Gasteiger partial charge in [-0.2, -0.15) is 11.8 Å². The molecule has 0 radical (unpaired) electrons. The van der Waals surface area contributed by atoms with Crippen molar-refractivity contribution in [3.8, 4) is 0 Å². The Morgan fingerprint density at radius 2 is 1.16 bits per heavy atom. The van der Waals surface area contributed by atoms with Crippen LogP contribution in [0, 0.1) is 0 Å². The second-order valence-corrected chi connectivity index (χ2v) is 7.39. The van der Waals surface area contributed by atoms with Crippen molar-refractivity contribution in [1.29, 1.82) is 0 Å².